The van der Waals surface area contributed by atoms with Crippen molar-refractivity contribution >= 4 is 27.7 Å². The van der Waals surface area contributed by atoms with Crippen molar-refractivity contribution in [3.8, 4) is 5.75 Å². The molecule has 124 valence electrons. The molecule has 2 aromatic rings. The molecule has 5 nitrogen and oxygen atoms in total. The Morgan fingerprint density at radius 2 is 1.75 bits per heavy atom. The number of para-hydroxylation sites is 1. The molecule has 0 heterocycles. The average Bonchev–Trinajstić information content (AvgIpc) is 3.44. The standard InChI is InChI=1S/C18H17BrN2O3/c19-15-7-3-1-5-13(15)11-24-16-8-4-2-6-14(16)18(23)21-20-17(22)12-9-10-12/h1-8,12H,9-11H2,(H,20,22)(H,21,23). The van der Waals surface area contributed by atoms with Crippen LogP contribution in [0.2, 0.25) is 0 Å². The van der Waals surface area contributed by atoms with Gasteiger partial charge in [0.1, 0.15) is 12.4 Å². The largest absolute Gasteiger partial charge is 0.488 e. The average molecular weight is 389 g/mol. The van der Waals surface area contributed by atoms with E-state index >= 15 is 0 Å². The molecule has 0 saturated heterocycles. The molecular weight excluding hydrogens is 372 g/mol. The van der Waals surface area contributed by atoms with Crippen LogP contribution in [0.1, 0.15) is 28.8 Å². The summed E-state index contributed by atoms with van der Waals surface area (Å²) >= 11 is 3.47. The zero-order chi connectivity index (χ0) is 16.9. The van der Waals surface area contributed by atoms with Crippen LogP contribution >= 0.6 is 15.9 Å². The number of hydrogen-bond acceptors (Lipinski definition) is 3. The van der Waals surface area contributed by atoms with E-state index < -0.39 is 5.91 Å². The van der Waals surface area contributed by atoms with Gasteiger partial charge in [0.25, 0.3) is 5.91 Å². The number of rotatable bonds is 5. The Hall–Kier alpha value is -2.34. The molecule has 0 atom stereocenters. The summed E-state index contributed by atoms with van der Waals surface area (Å²) in [5, 5.41) is 0. The fourth-order valence-corrected chi connectivity index (χ4v) is 2.58. The van der Waals surface area contributed by atoms with Crippen molar-refractivity contribution in [1.82, 2.24) is 10.9 Å². The first-order chi connectivity index (χ1) is 11.6. The Labute approximate surface area is 148 Å². The molecule has 24 heavy (non-hydrogen) atoms. The molecule has 0 radical (unpaired) electrons. The number of hydrogen-bond donors (Lipinski definition) is 2. The van der Waals surface area contributed by atoms with Gasteiger partial charge in [-0.1, -0.05) is 46.3 Å². The van der Waals surface area contributed by atoms with Crippen molar-refractivity contribution in [3.05, 3.63) is 64.1 Å². The molecule has 0 spiro atoms. The van der Waals surface area contributed by atoms with Gasteiger partial charge in [-0.2, -0.15) is 0 Å². The summed E-state index contributed by atoms with van der Waals surface area (Å²) in [6.45, 7) is 0.333. The molecule has 1 fully saturated rings. The van der Waals surface area contributed by atoms with Crippen molar-refractivity contribution in [2.75, 3.05) is 0 Å². The molecule has 2 amide bonds. The van der Waals surface area contributed by atoms with Crippen LogP contribution in [0.3, 0.4) is 0 Å². The van der Waals surface area contributed by atoms with E-state index in [4.69, 9.17) is 4.74 Å². The van der Waals surface area contributed by atoms with Crippen molar-refractivity contribution in [2.45, 2.75) is 19.4 Å². The first-order valence-electron chi connectivity index (χ1n) is 7.70. The van der Waals surface area contributed by atoms with Crippen LogP contribution in [-0.4, -0.2) is 11.8 Å². The van der Waals surface area contributed by atoms with Crippen molar-refractivity contribution in [1.29, 1.82) is 0 Å². The molecule has 2 aromatic carbocycles. The highest BCUT2D eigenvalue weighted by Crippen LogP contribution is 2.28. The summed E-state index contributed by atoms with van der Waals surface area (Å²) in [5.74, 6) is -0.0414. The lowest BCUT2D eigenvalue weighted by Crippen LogP contribution is -2.42. The van der Waals surface area contributed by atoms with E-state index in [1.54, 1.807) is 24.3 Å². The Morgan fingerprint density at radius 1 is 1.04 bits per heavy atom. The van der Waals surface area contributed by atoms with Gasteiger partial charge in [-0.3, -0.25) is 20.4 Å². The van der Waals surface area contributed by atoms with Crippen LogP contribution in [0.25, 0.3) is 0 Å². The second kappa shape index (κ2) is 7.49. The Kier molecular flexibility index (Phi) is 5.15. The van der Waals surface area contributed by atoms with Gasteiger partial charge in [0, 0.05) is 16.0 Å². The Balaban J connectivity index is 1.64. The fraction of sp³-hybridized carbons (Fsp3) is 0.222. The number of nitrogens with one attached hydrogen (secondary N) is 2. The van der Waals surface area contributed by atoms with Gasteiger partial charge in [0.15, 0.2) is 0 Å². The molecule has 1 aliphatic rings. The number of carbonyl (C=O) groups is 2. The maximum atomic E-state index is 12.3. The topological polar surface area (TPSA) is 67.4 Å². The molecule has 3 rings (SSSR count). The first-order valence-corrected chi connectivity index (χ1v) is 8.50. The van der Waals surface area contributed by atoms with Crippen molar-refractivity contribution in [2.24, 2.45) is 5.92 Å². The van der Waals surface area contributed by atoms with Gasteiger partial charge < -0.3 is 4.74 Å². The predicted octanol–water partition coefficient (Wildman–Crippen LogP) is 3.20. The fourth-order valence-electron chi connectivity index (χ4n) is 2.18. The second-order valence-corrected chi connectivity index (χ2v) is 6.45. The van der Waals surface area contributed by atoms with E-state index in [0.29, 0.717) is 17.9 Å². The van der Waals surface area contributed by atoms with Gasteiger partial charge >= 0.3 is 0 Å². The summed E-state index contributed by atoms with van der Waals surface area (Å²) in [7, 11) is 0. The third kappa shape index (κ3) is 4.14. The Morgan fingerprint density at radius 3 is 2.50 bits per heavy atom. The molecule has 0 unspecified atom stereocenters. The van der Waals surface area contributed by atoms with E-state index in [2.05, 4.69) is 26.8 Å². The van der Waals surface area contributed by atoms with Gasteiger partial charge in [-0.15, -0.1) is 0 Å². The highest BCUT2D eigenvalue weighted by molar-refractivity contribution is 9.10. The minimum atomic E-state index is -0.397. The number of carbonyl (C=O) groups excluding carboxylic acids is 2. The second-order valence-electron chi connectivity index (χ2n) is 5.59. The number of hydrazine groups is 1. The highest BCUT2D eigenvalue weighted by atomic mass is 79.9. The van der Waals surface area contributed by atoms with Crippen LogP contribution < -0.4 is 15.6 Å². The number of amides is 2. The van der Waals surface area contributed by atoms with Crippen molar-refractivity contribution in [3.63, 3.8) is 0 Å². The zero-order valence-electron chi connectivity index (χ0n) is 12.9. The summed E-state index contributed by atoms with van der Waals surface area (Å²) in [6, 6.07) is 14.7. The van der Waals surface area contributed by atoms with E-state index in [1.807, 2.05) is 24.3 Å². The molecule has 0 bridgehead atoms. The lowest BCUT2D eigenvalue weighted by Gasteiger charge is -2.13. The maximum absolute atomic E-state index is 12.3. The van der Waals surface area contributed by atoms with Crippen LogP contribution in [0.5, 0.6) is 5.75 Å². The zero-order valence-corrected chi connectivity index (χ0v) is 14.5. The summed E-state index contributed by atoms with van der Waals surface area (Å²) < 4.78 is 6.74. The van der Waals surface area contributed by atoms with E-state index in [1.165, 1.54) is 0 Å². The van der Waals surface area contributed by atoms with Gasteiger partial charge in [0.2, 0.25) is 5.91 Å². The molecular formula is C18H17BrN2O3. The minimum absolute atomic E-state index is 0.0345. The summed E-state index contributed by atoms with van der Waals surface area (Å²) in [6.07, 6.45) is 1.76. The number of benzene rings is 2. The Bertz CT molecular complexity index is 759. The molecule has 1 saturated carbocycles. The molecule has 0 aromatic heterocycles. The van der Waals surface area contributed by atoms with Gasteiger partial charge in [-0.05, 0) is 31.0 Å². The summed E-state index contributed by atoms with van der Waals surface area (Å²) in [4.78, 5) is 23.9. The number of halogens is 1. The molecule has 2 N–H and O–H groups in total. The van der Waals surface area contributed by atoms with Gasteiger partial charge in [0.05, 0.1) is 5.56 Å². The lowest BCUT2D eigenvalue weighted by atomic mass is 10.2. The van der Waals surface area contributed by atoms with Crippen LogP contribution in [0, 0.1) is 5.92 Å². The quantitative estimate of drug-likeness (QED) is 0.772. The molecule has 0 aliphatic heterocycles. The third-order valence-corrected chi connectivity index (χ3v) is 4.49. The van der Waals surface area contributed by atoms with E-state index in [0.717, 1.165) is 22.9 Å². The minimum Gasteiger partial charge on any atom is -0.488 e. The lowest BCUT2D eigenvalue weighted by molar-refractivity contribution is -0.123. The number of ether oxygens (including phenoxy) is 1. The normalized spacial score (nSPS) is 13.2. The highest BCUT2D eigenvalue weighted by Gasteiger charge is 2.29. The maximum Gasteiger partial charge on any atom is 0.273 e. The van der Waals surface area contributed by atoms with Crippen molar-refractivity contribution < 1.29 is 14.3 Å². The van der Waals surface area contributed by atoms with Gasteiger partial charge in [-0.25, -0.2) is 0 Å². The third-order valence-electron chi connectivity index (χ3n) is 3.72. The molecule has 1 aliphatic carbocycles. The monoisotopic (exact) mass is 388 g/mol. The van der Waals surface area contributed by atoms with Crippen LogP contribution in [0.4, 0.5) is 0 Å². The predicted molar refractivity (Wildman–Crippen MR) is 93.2 cm³/mol. The van der Waals surface area contributed by atoms with Crippen LogP contribution in [-0.2, 0) is 11.4 Å². The SMILES string of the molecule is O=C(NNC(=O)C1CC1)c1ccccc1OCc1ccccc1Br. The van der Waals surface area contributed by atoms with Crippen LogP contribution in [0.15, 0.2) is 53.0 Å². The van der Waals surface area contributed by atoms with E-state index in [-0.39, 0.29) is 11.8 Å². The van der Waals surface area contributed by atoms with E-state index in [9.17, 15) is 9.59 Å². The first kappa shape index (κ1) is 16.5. The smallest absolute Gasteiger partial charge is 0.273 e. The molecule has 6 heteroatoms. The summed E-state index contributed by atoms with van der Waals surface area (Å²) in [5.41, 5.74) is 6.25.